The molecule has 1 aromatic carbocycles. The van der Waals surface area contributed by atoms with Gasteiger partial charge in [0.1, 0.15) is 0 Å². The zero-order valence-electron chi connectivity index (χ0n) is 16.3. The third kappa shape index (κ3) is 4.24. The zero-order valence-corrected chi connectivity index (χ0v) is 16.3. The maximum atomic E-state index is 12.5. The Hall–Kier alpha value is -2.55. The summed E-state index contributed by atoms with van der Waals surface area (Å²) in [5.74, 6) is -0.527. The summed E-state index contributed by atoms with van der Waals surface area (Å²) in [6.07, 6.45) is -4.44. The minimum Gasteiger partial charge on any atom is -0.383 e. The second-order valence-electron chi connectivity index (χ2n) is 7.51. The molecule has 2 heterocycles. The summed E-state index contributed by atoms with van der Waals surface area (Å²) in [6.45, 7) is 2.63. The van der Waals surface area contributed by atoms with Crippen LogP contribution in [0.1, 0.15) is 36.3 Å². The van der Waals surface area contributed by atoms with Crippen LogP contribution >= 0.6 is 0 Å². The fourth-order valence-electron chi connectivity index (χ4n) is 4.08. The van der Waals surface area contributed by atoms with Crippen LogP contribution in [0.2, 0.25) is 0 Å². The number of alkyl halides is 3. The lowest BCUT2D eigenvalue weighted by Crippen LogP contribution is -2.41. The number of piperidine rings is 1. The number of hydrogen-bond acceptors (Lipinski definition) is 3. The van der Waals surface area contributed by atoms with Crippen molar-refractivity contribution in [1.29, 1.82) is 0 Å². The first kappa shape index (κ1) is 21.2. The predicted octanol–water partition coefficient (Wildman–Crippen LogP) is 3.07. The van der Waals surface area contributed by atoms with Gasteiger partial charge in [-0.3, -0.25) is 9.59 Å². The van der Waals surface area contributed by atoms with Crippen molar-refractivity contribution in [3.8, 4) is 0 Å². The van der Waals surface area contributed by atoms with E-state index in [9.17, 15) is 22.8 Å². The molecule has 1 aromatic heterocycles. The second-order valence-corrected chi connectivity index (χ2v) is 7.51. The standard InChI is InChI=1S/C20H24F3N3O3/c1-12-15(24-11-27)3-4-16-19(12)14(10-25(16)2)13-5-7-26(8-6-13)18(29)9-17(28)20(21,22)23/h3-4,10-11,13,17,28H,5-9H2,1-2H3,(H,24,27). The van der Waals surface area contributed by atoms with Gasteiger partial charge in [-0.05, 0) is 48.9 Å². The van der Waals surface area contributed by atoms with Crippen LogP contribution in [-0.2, 0) is 16.6 Å². The summed E-state index contributed by atoms with van der Waals surface area (Å²) in [5, 5.41) is 12.9. The Bertz CT molecular complexity index is 915. The molecule has 1 saturated heterocycles. The lowest BCUT2D eigenvalue weighted by Gasteiger charge is -2.33. The third-order valence-electron chi connectivity index (χ3n) is 5.69. The molecule has 0 bridgehead atoms. The fourth-order valence-corrected chi connectivity index (χ4v) is 4.08. The molecule has 1 aliphatic rings. The van der Waals surface area contributed by atoms with Crippen LogP contribution < -0.4 is 5.32 Å². The molecule has 6 nitrogen and oxygen atoms in total. The number of hydrogen-bond donors (Lipinski definition) is 2. The van der Waals surface area contributed by atoms with Gasteiger partial charge in [0.05, 0.1) is 6.42 Å². The number of anilines is 1. The summed E-state index contributed by atoms with van der Waals surface area (Å²) in [6, 6.07) is 3.79. The van der Waals surface area contributed by atoms with Gasteiger partial charge in [-0.1, -0.05) is 0 Å². The molecule has 9 heteroatoms. The molecule has 158 valence electrons. The summed E-state index contributed by atoms with van der Waals surface area (Å²) >= 11 is 0. The van der Waals surface area contributed by atoms with E-state index in [4.69, 9.17) is 5.11 Å². The Labute approximate surface area is 166 Å². The van der Waals surface area contributed by atoms with Crippen molar-refractivity contribution in [1.82, 2.24) is 9.47 Å². The number of aromatic nitrogens is 1. The number of likely N-dealkylation sites (tertiary alicyclic amines) is 1. The number of nitrogens with zero attached hydrogens (tertiary/aromatic N) is 2. The monoisotopic (exact) mass is 411 g/mol. The van der Waals surface area contributed by atoms with E-state index in [1.54, 1.807) is 0 Å². The smallest absolute Gasteiger partial charge is 0.383 e. The van der Waals surface area contributed by atoms with Gasteiger partial charge in [0.15, 0.2) is 6.10 Å². The lowest BCUT2D eigenvalue weighted by atomic mass is 9.87. The van der Waals surface area contributed by atoms with Crippen LogP contribution in [0.4, 0.5) is 18.9 Å². The Kier molecular flexibility index (Phi) is 5.88. The summed E-state index contributed by atoms with van der Waals surface area (Å²) in [7, 11) is 1.94. The van der Waals surface area contributed by atoms with Gasteiger partial charge in [-0.2, -0.15) is 13.2 Å². The molecule has 2 amide bonds. The molecule has 0 radical (unpaired) electrons. The van der Waals surface area contributed by atoms with Crippen molar-refractivity contribution < 1.29 is 27.9 Å². The summed E-state index contributed by atoms with van der Waals surface area (Å²) in [4.78, 5) is 24.3. The maximum Gasteiger partial charge on any atom is 0.414 e. The fraction of sp³-hybridized carbons (Fsp3) is 0.500. The largest absolute Gasteiger partial charge is 0.414 e. The highest BCUT2D eigenvalue weighted by molar-refractivity contribution is 5.93. The van der Waals surface area contributed by atoms with Crippen molar-refractivity contribution >= 4 is 28.9 Å². The number of amides is 2. The number of rotatable bonds is 5. The molecule has 0 saturated carbocycles. The molecule has 3 rings (SSSR count). The van der Waals surface area contributed by atoms with E-state index in [-0.39, 0.29) is 5.92 Å². The molecular formula is C20H24F3N3O3. The summed E-state index contributed by atoms with van der Waals surface area (Å²) in [5.41, 5.74) is 3.82. The first-order chi connectivity index (χ1) is 13.6. The van der Waals surface area contributed by atoms with E-state index in [1.165, 1.54) is 4.90 Å². The first-order valence-corrected chi connectivity index (χ1v) is 9.44. The Balaban J connectivity index is 1.76. The number of aliphatic hydroxyl groups excluding tert-OH is 1. The molecule has 0 spiro atoms. The molecule has 0 aliphatic carbocycles. The van der Waals surface area contributed by atoms with Gasteiger partial charge in [-0.15, -0.1) is 0 Å². The number of aliphatic hydroxyl groups is 1. The van der Waals surface area contributed by atoms with Gasteiger partial charge < -0.3 is 19.9 Å². The number of aryl methyl sites for hydroxylation is 2. The SMILES string of the molecule is Cc1c(NC=O)ccc2c1c(C1CCN(C(=O)CC(O)C(F)(F)F)CC1)cn2C. The molecule has 2 N–H and O–H groups in total. The Morgan fingerprint density at radius 3 is 2.59 bits per heavy atom. The van der Waals surface area contributed by atoms with Crippen LogP contribution in [0, 0.1) is 6.92 Å². The normalized spacial score (nSPS) is 16.8. The minimum atomic E-state index is -4.79. The van der Waals surface area contributed by atoms with Gasteiger partial charge in [0.2, 0.25) is 12.3 Å². The molecule has 1 unspecified atom stereocenters. The number of halogens is 3. The zero-order chi connectivity index (χ0) is 21.3. The average molecular weight is 411 g/mol. The minimum absolute atomic E-state index is 0.153. The van der Waals surface area contributed by atoms with Crippen LogP contribution in [0.3, 0.4) is 0 Å². The Morgan fingerprint density at radius 2 is 2.00 bits per heavy atom. The third-order valence-corrected chi connectivity index (χ3v) is 5.69. The average Bonchev–Trinajstić information content (AvgIpc) is 3.01. The van der Waals surface area contributed by atoms with E-state index >= 15 is 0 Å². The molecule has 1 fully saturated rings. The second kappa shape index (κ2) is 8.06. The van der Waals surface area contributed by atoms with E-state index < -0.39 is 24.6 Å². The van der Waals surface area contributed by atoms with E-state index in [2.05, 4.69) is 5.32 Å². The predicted molar refractivity (Wildman–Crippen MR) is 103 cm³/mol. The topological polar surface area (TPSA) is 74.6 Å². The molecule has 1 aliphatic heterocycles. The molecule has 29 heavy (non-hydrogen) atoms. The number of benzene rings is 1. The Morgan fingerprint density at radius 1 is 1.34 bits per heavy atom. The van der Waals surface area contributed by atoms with Crippen molar-refractivity contribution in [3.05, 3.63) is 29.5 Å². The van der Waals surface area contributed by atoms with Crippen LogP contribution in [0.15, 0.2) is 18.3 Å². The van der Waals surface area contributed by atoms with Crippen LogP contribution in [-0.4, -0.2) is 52.3 Å². The van der Waals surface area contributed by atoms with E-state index in [1.807, 2.05) is 36.9 Å². The lowest BCUT2D eigenvalue weighted by molar-refractivity contribution is -0.207. The molecular weight excluding hydrogens is 387 g/mol. The molecule has 1 atom stereocenters. The number of carbonyl (C=O) groups is 2. The van der Waals surface area contributed by atoms with Gasteiger partial charge in [0, 0.05) is 42.9 Å². The van der Waals surface area contributed by atoms with Crippen molar-refractivity contribution in [2.45, 2.75) is 44.4 Å². The van der Waals surface area contributed by atoms with E-state index in [0.717, 1.165) is 27.7 Å². The highest BCUT2D eigenvalue weighted by atomic mass is 19.4. The van der Waals surface area contributed by atoms with Crippen LogP contribution in [0.5, 0.6) is 0 Å². The van der Waals surface area contributed by atoms with Gasteiger partial charge >= 0.3 is 6.18 Å². The van der Waals surface area contributed by atoms with E-state index in [0.29, 0.717) is 32.3 Å². The van der Waals surface area contributed by atoms with Crippen molar-refractivity contribution in [3.63, 3.8) is 0 Å². The highest BCUT2D eigenvalue weighted by Gasteiger charge is 2.40. The highest BCUT2D eigenvalue weighted by Crippen LogP contribution is 2.38. The van der Waals surface area contributed by atoms with Gasteiger partial charge in [0.25, 0.3) is 0 Å². The first-order valence-electron chi connectivity index (χ1n) is 9.44. The number of nitrogens with one attached hydrogen (secondary N) is 1. The maximum absolute atomic E-state index is 12.5. The quantitative estimate of drug-likeness (QED) is 0.743. The molecule has 2 aromatic rings. The van der Waals surface area contributed by atoms with Gasteiger partial charge in [-0.25, -0.2) is 0 Å². The summed E-state index contributed by atoms with van der Waals surface area (Å²) < 4.78 is 39.5. The number of carbonyl (C=O) groups excluding carboxylic acids is 2. The van der Waals surface area contributed by atoms with Crippen molar-refractivity contribution in [2.75, 3.05) is 18.4 Å². The van der Waals surface area contributed by atoms with Crippen molar-refractivity contribution in [2.24, 2.45) is 7.05 Å². The number of fused-ring (bicyclic) bond motifs is 1. The van der Waals surface area contributed by atoms with Crippen LogP contribution in [0.25, 0.3) is 10.9 Å².